The number of hydrogen-bond acceptors (Lipinski definition) is 3. The van der Waals surface area contributed by atoms with Crippen LogP contribution < -0.4 is 0 Å². The van der Waals surface area contributed by atoms with Crippen LogP contribution in [0.15, 0.2) is 30.5 Å². The van der Waals surface area contributed by atoms with Gasteiger partial charge >= 0.3 is 0 Å². The minimum Gasteiger partial charge on any atom is -0.377 e. The fourth-order valence-corrected chi connectivity index (χ4v) is 4.98. The van der Waals surface area contributed by atoms with E-state index in [0.717, 1.165) is 29.4 Å². The van der Waals surface area contributed by atoms with Crippen LogP contribution >= 0.6 is 0 Å². The first kappa shape index (κ1) is 16.6. The van der Waals surface area contributed by atoms with Crippen molar-refractivity contribution in [3.05, 3.63) is 36.0 Å². The van der Waals surface area contributed by atoms with Crippen LogP contribution in [-0.4, -0.2) is 33.8 Å². The summed E-state index contributed by atoms with van der Waals surface area (Å²) in [4.78, 5) is 5.52. The predicted molar refractivity (Wildman–Crippen MR) is 98.8 cm³/mol. The number of piperidine rings is 1. The van der Waals surface area contributed by atoms with Crippen LogP contribution in [0.5, 0.6) is 0 Å². The number of nitrogens with zero attached hydrogens (tertiary/aromatic N) is 2. The Hall–Kier alpha value is -1.83. The van der Waals surface area contributed by atoms with Crippen molar-refractivity contribution in [2.24, 2.45) is 11.8 Å². The monoisotopic (exact) mass is 337 g/mol. The highest BCUT2D eigenvalue weighted by Gasteiger charge is 2.38. The van der Waals surface area contributed by atoms with Crippen LogP contribution in [0, 0.1) is 23.2 Å². The summed E-state index contributed by atoms with van der Waals surface area (Å²) in [5.74, 6) is 0.324. The molecule has 2 N–H and O–H groups in total. The molecule has 2 heterocycles. The van der Waals surface area contributed by atoms with Gasteiger partial charge in [-0.2, -0.15) is 5.26 Å². The smallest absolute Gasteiger partial charge is 0.123 e. The number of benzene rings is 1. The van der Waals surface area contributed by atoms with E-state index in [4.69, 9.17) is 0 Å². The number of para-hydroxylation sites is 1. The number of nitrogens with one attached hydrogen (secondary N) is 1. The molecule has 4 heteroatoms. The van der Waals surface area contributed by atoms with Crippen LogP contribution in [0.2, 0.25) is 0 Å². The Bertz CT molecular complexity index is 760. The summed E-state index contributed by atoms with van der Waals surface area (Å²) in [6.45, 7) is 0.925. The molecule has 0 radical (unpaired) electrons. The van der Waals surface area contributed by atoms with E-state index < -0.39 is 6.23 Å². The third-order valence-corrected chi connectivity index (χ3v) is 6.27. The molecule has 0 spiro atoms. The topological polar surface area (TPSA) is 63.1 Å². The Morgan fingerprint density at radius 2 is 2.00 bits per heavy atom. The van der Waals surface area contributed by atoms with Gasteiger partial charge in [0.15, 0.2) is 0 Å². The van der Waals surface area contributed by atoms with Crippen molar-refractivity contribution in [1.29, 1.82) is 5.26 Å². The number of nitriles is 1. The van der Waals surface area contributed by atoms with Gasteiger partial charge in [-0.3, -0.25) is 4.90 Å². The van der Waals surface area contributed by atoms with Crippen molar-refractivity contribution in [1.82, 2.24) is 9.88 Å². The quantitative estimate of drug-likeness (QED) is 0.891. The Balaban J connectivity index is 1.53. The molecule has 1 aliphatic carbocycles. The first-order chi connectivity index (χ1) is 12.3. The van der Waals surface area contributed by atoms with E-state index in [2.05, 4.69) is 22.0 Å². The van der Waals surface area contributed by atoms with Crippen molar-refractivity contribution >= 4 is 10.9 Å². The van der Waals surface area contributed by atoms with Gasteiger partial charge in [-0.1, -0.05) is 31.0 Å². The van der Waals surface area contributed by atoms with Gasteiger partial charge in [-0.05, 0) is 49.7 Å². The highest BCUT2D eigenvalue weighted by Crippen LogP contribution is 2.37. The van der Waals surface area contributed by atoms with E-state index >= 15 is 0 Å². The highest BCUT2D eigenvalue weighted by atomic mass is 16.3. The van der Waals surface area contributed by atoms with Gasteiger partial charge < -0.3 is 10.1 Å². The third-order valence-electron chi connectivity index (χ3n) is 6.27. The maximum atomic E-state index is 11.0. The van der Waals surface area contributed by atoms with Gasteiger partial charge in [0.05, 0.1) is 12.0 Å². The molecule has 1 aromatic heterocycles. The Morgan fingerprint density at radius 1 is 1.20 bits per heavy atom. The number of fused-ring (bicyclic) bond motifs is 2. The van der Waals surface area contributed by atoms with Crippen LogP contribution in [0.4, 0.5) is 0 Å². The lowest BCUT2D eigenvalue weighted by atomic mass is 9.77. The molecule has 1 aromatic carbocycles. The van der Waals surface area contributed by atoms with Gasteiger partial charge in [-0.15, -0.1) is 0 Å². The van der Waals surface area contributed by atoms with Crippen molar-refractivity contribution in [2.45, 2.75) is 57.2 Å². The number of H-pyrrole nitrogens is 1. The van der Waals surface area contributed by atoms with Gasteiger partial charge in [0.25, 0.3) is 0 Å². The van der Waals surface area contributed by atoms with Gasteiger partial charge in [0.1, 0.15) is 6.23 Å². The summed E-state index contributed by atoms with van der Waals surface area (Å²) in [6.07, 6.45) is 9.38. The molecule has 4 nitrogen and oxygen atoms in total. The lowest BCUT2D eigenvalue weighted by molar-refractivity contribution is -0.0886. The number of hydrogen-bond donors (Lipinski definition) is 2. The van der Waals surface area contributed by atoms with Crippen LogP contribution in [0.3, 0.4) is 0 Å². The molecule has 1 saturated heterocycles. The number of aliphatic hydroxyl groups excluding tert-OH is 1. The predicted octanol–water partition coefficient (Wildman–Crippen LogP) is 3.82. The summed E-state index contributed by atoms with van der Waals surface area (Å²) < 4.78 is 0. The number of rotatable bonds is 4. The minimum atomic E-state index is -0.662. The fraction of sp³-hybridized carbons (Fsp3) is 0.571. The summed E-state index contributed by atoms with van der Waals surface area (Å²) in [7, 11) is 0. The average Bonchev–Trinajstić information content (AvgIpc) is 3.08. The Kier molecular flexibility index (Phi) is 4.78. The van der Waals surface area contributed by atoms with Crippen LogP contribution in [0.1, 0.15) is 44.1 Å². The molecule has 2 fully saturated rings. The maximum Gasteiger partial charge on any atom is 0.123 e. The summed E-state index contributed by atoms with van der Waals surface area (Å²) in [5, 5.41) is 21.9. The Morgan fingerprint density at radius 3 is 2.88 bits per heavy atom. The number of aliphatic hydroxyl groups is 1. The standard InChI is InChI=1S/C21H27N3O/c22-13-16(12-17-14-23-19-9-3-2-8-18(17)19)21(25)24-11-5-7-15-6-1-4-10-20(15)24/h2-3,8-9,14-16,20-21,23,25H,1,4-7,10-12H2. The molecule has 4 unspecified atom stereocenters. The maximum absolute atomic E-state index is 11.0. The number of aromatic amines is 1. The first-order valence-electron chi connectivity index (χ1n) is 9.66. The largest absolute Gasteiger partial charge is 0.377 e. The zero-order valence-electron chi connectivity index (χ0n) is 14.7. The summed E-state index contributed by atoms with van der Waals surface area (Å²) >= 11 is 0. The van der Waals surface area contributed by atoms with Gasteiger partial charge in [0.2, 0.25) is 0 Å². The summed E-state index contributed by atoms with van der Waals surface area (Å²) in [6, 6.07) is 11.0. The Labute approximate surface area is 149 Å². The molecule has 0 bridgehead atoms. The van der Waals surface area contributed by atoms with Crippen molar-refractivity contribution in [2.75, 3.05) is 6.54 Å². The molecule has 0 amide bonds. The van der Waals surface area contributed by atoms with E-state index in [1.54, 1.807) is 0 Å². The number of aromatic nitrogens is 1. The lowest BCUT2D eigenvalue weighted by Crippen LogP contribution is -2.53. The molecule has 1 aliphatic heterocycles. The second kappa shape index (κ2) is 7.19. The van der Waals surface area contributed by atoms with Crippen LogP contribution in [-0.2, 0) is 6.42 Å². The molecule has 2 aliphatic rings. The normalized spacial score (nSPS) is 26.7. The number of likely N-dealkylation sites (tertiary alicyclic amines) is 1. The minimum absolute atomic E-state index is 0.389. The zero-order valence-corrected chi connectivity index (χ0v) is 14.7. The van der Waals surface area contributed by atoms with E-state index in [9.17, 15) is 10.4 Å². The molecule has 2 aromatic rings. The van der Waals surface area contributed by atoms with Crippen molar-refractivity contribution < 1.29 is 5.11 Å². The fourth-order valence-electron chi connectivity index (χ4n) is 4.98. The molecular formula is C21H27N3O. The van der Waals surface area contributed by atoms with E-state index in [0.29, 0.717) is 18.4 Å². The van der Waals surface area contributed by atoms with Crippen molar-refractivity contribution in [3.8, 4) is 6.07 Å². The molecule has 4 atom stereocenters. The third kappa shape index (κ3) is 3.19. The van der Waals surface area contributed by atoms with E-state index in [1.807, 2.05) is 24.4 Å². The van der Waals surface area contributed by atoms with E-state index in [-0.39, 0.29) is 5.92 Å². The summed E-state index contributed by atoms with van der Waals surface area (Å²) in [5.41, 5.74) is 2.22. The van der Waals surface area contributed by atoms with Crippen molar-refractivity contribution in [3.63, 3.8) is 0 Å². The highest BCUT2D eigenvalue weighted by molar-refractivity contribution is 5.83. The first-order valence-corrected chi connectivity index (χ1v) is 9.66. The average molecular weight is 337 g/mol. The zero-order chi connectivity index (χ0) is 17.2. The van der Waals surface area contributed by atoms with Gasteiger partial charge in [0, 0.05) is 29.7 Å². The second-order valence-electron chi connectivity index (χ2n) is 7.70. The molecule has 1 saturated carbocycles. The SMILES string of the molecule is N#CC(Cc1c[nH]c2ccccc12)C(O)N1CCCC2CCCCC21. The lowest BCUT2D eigenvalue weighted by Gasteiger charge is -2.47. The second-order valence-corrected chi connectivity index (χ2v) is 7.70. The van der Waals surface area contributed by atoms with Gasteiger partial charge in [-0.25, -0.2) is 0 Å². The van der Waals surface area contributed by atoms with E-state index in [1.165, 1.54) is 32.1 Å². The van der Waals surface area contributed by atoms with Crippen LogP contribution in [0.25, 0.3) is 10.9 Å². The molecular weight excluding hydrogens is 310 g/mol. The molecule has 132 valence electrons. The molecule has 4 rings (SSSR count). The molecule has 25 heavy (non-hydrogen) atoms.